The fourth-order valence-electron chi connectivity index (χ4n) is 2.19. The lowest BCUT2D eigenvalue weighted by Crippen LogP contribution is -2.07. The van der Waals surface area contributed by atoms with Gasteiger partial charge < -0.3 is 25.4 Å². The second-order valence-corrected chi connectivity index (χ2v) is 5.78. The summed E-state index contributed by atoms with van der Waals surface area (Å²) in [5.74, 6) is -2.31. The highest BCUT2D eigenvalue weighted by molar-refractivity contribution is 5.99. The number of hydrogen-bond donors (Lipinski definition) is 3. The largest absolute Gasteiger partial charge is 0.491 e. The van der Waals surface area contributed by atoms with Gasteiger partial charge in [-0.2, -0.15) is 4.98 Å². The van der Waals surface area contributed by atoms with E-state index in [0.29, 0.717) is 5.69 Å². The van der Waals surface area contributed by atoms with Crippen LogP contribution in [0.3, 0.4) is 0 Å². The van der Waals surface area contributed by atoms with Gasteiger partial charge in [-0.3, -0.25) is 4.79 Å². The Bertz CT molecular complexity index is 1330. The van der Waals surface area contributed by atoms with Gasteiger partial charge in [-0.05, 0) is 48.5 Å². The van der Waals surface area contributed by atoms with Crippen LogP contribution in [0.5, 0.6) is 5.75 Å². The van der Waals surface area contributed by atoms with E-state index >= 15 is 0 Å². The molecule has 9 heteroatoms. The molecule has 0 unspecified atom stereocenters. The van der Waals surface area contributed by atoms with Crippen LogP contribution < -0.4 is 20.7 Å². The number of carbonyl (C=O) groups excluding carboxylic acids is 1. The van der Waals surface area contributed by atoms with Gasteiger partial charge in [-0.25, -0.2) is 9.37 Å². The maximum absolute atomic E-state index is 14.7. The lowest BCUT2D eigenvalue weighted by molar-refractivity contribution is -0.111. The zero-order valence-corrected chi connectivity index (χ0v) is 16.4. The van der Waals surface area contributed by atoms with Crippen LogP contribution >= 0.6 is 0 Å². The van der Waals surface area contributed by atoms with E-state index in [1.807, 2.05) is 0 Å². The van der Waals surface area contributed by atoms with E-state index in [4.69, 9.17) is 17.7 Å². The highest BCUT2D eigenvalue weighted by Crippen LogP contribution is 2.23. The molecule has 3 aromatic rings. The standard InChI is InChI=1S/C22H22FN5O3/c1-3-20(29)25-16-5-4-6-17(13-16)26-21-19(23)14-24-22(28-21)27-15-7-9-18(10-8-15)31-12-11-30-2/h3-10,13-14H,1,11-12H2,2H3,(H,25,29)(H2,24,26,27,28)/i5D,6D,12D2,13D,14D. The van der Waals surface area contributed by atoms with Gasteiger partial charge in [0.05, 0.1) is 21.0 Å². The van der Waals surface area contributed by atoms with Gasteiger partial charge in [0.2, 0.25) is 11.9 Å². The molecule has 0 aliphatic heterocycles. The summed E-state index contributed by atoms with van der Waals surface area (Å²) in [6.07, 6.45) is 0.173. The first-order chi connectivity index (χ1) is 17.4. The number of ether oxygens (including phenoxy) is 2. The smallest absolute Gasteiger partial charge is 0.247 e. The molecule has 1 heterocycles. The number of carbonyl (C=O) groups is 1. The molecule has 0 spiro atoms. The summed E-state index contributed by atoms with van der Waals surface area (Å²) in [5.41, 5.74) is -0.0726. The van der Waals surface area contributed by atoms with Gasteiger partial charge in [-0.1, -0.05) is 12.6 Å². The summed E-state index contributed by atoms with van der Waals surface area (Å²) in [6, 6.07) is 5.94. The molecular formula is C22H22FN5O3. The molecule has 0 fully saturated rings. The number of benzene rings is 2. The summed E-state index contributed by atoms with van der Waals surface area (Å²) in [6.45, 7) is 0.997. The zero-order valence-electron chi connectivity index (χ0n) is 22.4. The van der Waals surface area contributed by atoms with Crippen LogP contribution in [0.4, 0.5) is 33.2 Å². The quantitative estimate of drug-likeness (QED) is 0.415. The van der Waals surface area contributed by atoms with Crippen LogP contribution in [0.2, 0.25) is 0 Å². The SMILES string of the molecule is [2H]c1cc([2H])c(Nc2nc(Nc3ccc(OC([2H])([2H])COC)cc3)nc([2H])c2F)c([2H])c1NC(=O)C=C. The molecule has 8 nitrogen and oxygen atoms in total. The average Bonchev–Trinajstić information content (AvgIpc) is 2.83. The van der Waals surface area contributed by atoms with Crippen molar-refractivity contribution in [1.82, 2.24) is 9.97 Å². The summed E-state index contributed by atoms with van der Waals surface area (Å²) >= 11 is 0. The number of anilines is 5. The summed E-state index contributed by atoms with van der Waals surface area (Å²) < 4.78 is 72.2. The second kappa shape index (κ2) is 10.7. The molecule has 0 aliphatic carbocycles. The van der Waals surface area contributed by atoms with Crippen molar-refractivity contribution < 1.29 is 26.9 Å². The molecule has 0 radical (unpaired) electrons. The Hall–Kier alpha value is -3.98. The van der Waals surface area contributed by atoms with E-state index < -0.39 is 36.3 Å². The molecule has 0 saturated heterocycles. The molecule has 1 aromatic heterocycles. The number of halogens is 1. The van der Waals surface area contributed by atoms with Crippen LogP contribution in [0, 0.1) is 5.82 Å². The molecule has 0 aliphatic rings. The molecule has 0 saturated carbocycles. The number of hydrogen-bond acceptors (Lipinski definition) is 7. The molecule has 3 N–H and O–H groups in total. The van der Waals surface area contributed by atoms with Crippen LogP contribution in [0.1, 0.15) is 8.22 Å². The minimum atomic E-state index is -2.04. The number of amides is 1. The van der Waals surface area contributed by atoms with Crippen molar-refractivity contribution in [2.24, 2.45) is 0 Å². The fourth-order valence-corrected chi connectivity index (χ4v) is 2.19. The number of nitrogens with one attached hydrogen (secondary N) is 3. The molecular weight excluding hydrogens is 401 g/mol. The predicted octanol–water partition coefficient (Wildman–Crippen LogP) is 4.25. The lowest BCUT2D eigenvalue weighted by Gasteiger charge is -2.11. The van der Waals surface area contributed by atoms with Gasteiger partial charge in [0, 0.05) is 24.2 Å². The normalized spacial score (nSPS) is 13.5. The first-order valence-electron chi connectivity index (χ1n) is 11.8. The maximum Gasteiger partial charge on any atom is 0.247 e. The third-order valence-electron chi connectivity index (χ3n) is 3.55. The summed E-state index contributed by atoms with van der Waals surface area (Å²) in [4.78, 5) is 19.4. The molecule has 1 amide bonds. The number of methoxy groups -OCH3 is 1. The van der Waals surface area contributed by atoms with Crippen molar-refractivity contribution in [1.29, 1.82) is 0 Å². The van der Waals surface area contributed by atoms with Crippen LogP contribution in [0.25, 0.3) is 0 Å². The van der Waals surface area contributed by atoms with Crippen LogP contribution in [-0.2, 0) is 9.53 Å². The van der Waals surface area contributed by atoms with Crippen molar-refractivity contribution in [2.75, 3.05) is 36.2 Å². The van der Waals surface area contributed by atoms with Gasteiger partial charge in [-0.15, -0.1) is 0 Å². The first-order valence-corrected chi connectivity index (χ1v) is 8.84. The molecule has 160 valence electrons. The Morgan fingerprint density at radius 2 is 2.03 bits per heavy atom. The maximum atomic E-state index is 14.7. The molecule has 0 bridgehead atoms. The highest BCUT2D eigenvalue weighted by Gasteiger charge is 2.09. The van der Waals surface area contributed by atoms with Crippen molar-refractivity contribution >= 4 is 34.7 Å². The summed E-state index contributed by atoms with van der Waals surface area (Å²) in [5, 5.41) is 7.57. The Balaban J connectivity index is 1.87. The van der Waals surface area contributed by atoms with Gasteiger partial charge in [0.1, 0.15) is 12.3 Å². The highest BCUT2D eigenvalue weighted by atomic mass is 19.1. The molecule has 3 rings (SSSR count). The minimum absolute atomic E-state index is 0.187. The summed E-state index contributed by atoms with van der Waals surface area (Å²) in [7, 11) is 1.35. The lowest BCUT2D eigenvalue weighted by atomic mass is 10.2. The van der Waals surface area contributed by atoms with Crippen molar-refractivity contribution in [3.8, 4) is 5.75 Å². The van der Waals surface area contributed by atoms with E-state index in [1.54, 1.807) is 0 Å². The van der Waals surface area contributed by atoms with Crippen molar-refractivity contribution in [3.05, 3.63) is 73.1 Å². The minimum Gasteiger partial charge on any atom is -0.491 e. The molecule has 0 atom stereocenters. The van der Waals surface area contributed by atoms with E-state index in [-0.39, 0.29) is 41.8 Å². The molecule has 2 aromatic carbocycles. The Kier molecular flexibility index (Phi) is 5.15. The van der Waals surface area contributed by atoms with Crippen LogP contribution in [0.15, 0.2) is 67.3 Å². The Morgan fingerprint density at radius 1 is 1.26 bits per heavy atom. The number of nitrogens with zero attached hydrogens (tertiary/aromatic N) is 2. The number of aromatic nitrogens is 2. The first kappa shape index (κ1) is 14.9. The van der Waals surface area contributed by atoms with E-state index in [0.717, 1.165) is 12.1 Å². The Morgan fingerprint density at radius 3 is 2.77 bits per heavy atom. The average molecular weight is 429 g/mol. The second-order valence-electron chi connectivity index (χ2n) is 5.78. The van der Waals surface area contributed by atoms with E-state index in [9.17, 15) is 9.18 Å². The van der Waals surface area contributed by atoms with Crippen LogP contribution in [-0.4, -0.2) is 36.2 Å². The van der Waals surface area contributed by atoms with Crippen molar-refractivity contribution in [3.63, 3.8) is 0 Å². The van der Waals surface area contributed by atoms with E-state index in [1.165, 1.54) is 31.4 Å². The Labute approximate surface area is 187 Å². The van der Waals surface area contributed by atoms with E-state index in [2.05, 4.69) is 32.5 Å². The molecule has 31 heavy (non-hydrogen) atoms. The number of rotatable bonds is 10. The third-order valence-corrected chi connectivity index (χ3v) is 3.55. The van der Waals surface area contributed by atoms with Gasteiger partial charge >= 0.3 is 0 Å². The topological polar surface area (TPSA) is 97.4 Å². The fraction of sp³-hybridized carbons (Fsp3) is 0.136. The van der Waals surface area contributed by atoms with Gasteiger partial charge in [0.15, 0.2) is 11.6 Å². The third kappa shape index (κ3) is 6.51. The van der Waals surface area contributed by atoms with Crippen molar-refractivity contribution in [2.45, 2.75) is 0 Å². The zero-order chi connectivity index (χ0) is 27.3. The monoisotopic (exact) mass is 429 g/mol. The predicted molar refractivity (Wildman–Crippen MR) is 118 cm³/mol. The van der Waals surface area contributed by atoms with Gasteiger partial charge in [0.25, 0.3) is 0 Å².